The van der Waals surface area contributed by atoms with E-state index in [1.54, 1.807) is 4.90 Å². The molecule has 1 aromatic carbocycles. The topological polar surface area (TPSA) is 77.8 Å². The number of benzene rings is 1. The summed E-state index contributed by atoms with van der Waals surface area (Å²) >= 11 is 0. The fourth-order valence-corrected chi connectivity index (χ4v) is 1.80. The molecule has 1 fully saturated rings. The molecule has 0 spiro atoms. The van der Waals surface area contributed by atoms with E-state index in [4.69, 9.17) is 10.2 Å². The molecule has 1 aromatic rings. The van der Waals surface area contributed by atoms with Gasteiger partial charge in [0.15, 0.2) is 23.3 Å². The van der Waals surface area contributed by atoms with Crippen LogP contribution in [0, 0.1) is 35.0 Å². The highest BCUT2D eigenvalue weighted by Crippen LogP contribution is 2.17. The van der Waals surface area contributed by atoms with E-state index in [9.17, 15) is 31.5 Å². The second-order valence-electron chi connectivity index (χ2n) is 4.54. The maximum absolute atomic E-state index is 12.0. The second kappa shape index (κ2) is 10.5. The Bertz CT molecular complexity index is 536. The molecule has 0 aliphatic carbocycles. The smallest absolute Gasteiger partial charge is 0.306 e. The highest BCUT2D eigenvalue weighted by molar-refractivity contribution is 5.70. The first kappa shape index (κ1) is 21.8. The second-order valence-corrected chi connectivity index (χ2v) is 4.54. The van der Waals surface area contributed by atoms with Gasteiger partial charge in [-0.25, -0.2) is 22.0 Å². The van der Waals surface area contributed by atoms with Crippen LogP contribution in [-0.4, -0.2) is 47.7 Å². The summed E-state index contributed by atoms with van der Waals surface area (Å²) in [7, 11) is 1.00. The lowest BCUT2D eigenvalue weighted by Crippen LogP contribution is -2.35. The monoisotopic (exact) mass is 357 g/mol. The standard InChI is InChI=1S/C7H11NO3.C6HF5.CH4O/c9-5-8-3-1-6(2-4-8)7(10)11;7-2-1-3(8)5(10)6(11)4(2)9;1-2/h5-6H,1-4H2,(H,10,11);1H;2H,1H3. The van der Waals surface area contributed by atoms with Crippen LogP contribution in [0.1, 0.15) is 12.8 Å². The van der Waals surface area contributed by atoms with Crippen molar-refractivity contribution in [1.82, 2.24) is 4.90 Å². The maximum Gasteiger partial charge on any atom is 0.306 e. The zero-order chi connectivity index (χ0) is 18.9. The Kier molecular flexibility index (Phi) is 9.55. The Labute approximate surface area is 134 Å². The number of aliphatic hydroxyl groups excluding tert-OH is 1. The number of aliphatic carboxylic acids is 1. The summed E-state index contributed by atoms with van der Waals surface area (Å²) in [6, 6.07) is -0.0618. The van der Waals surface area contributed by atoms with Gasteiger partial charge in [0.05, 0.1) is 5.92 Å². The average Bonchev–Trinajstić information content (AvgIpc) is 2.60. The Morgan fingerprint density at radius 3 is 1.79 bits per heavy atom. The Morgan fingerprint density at radius 1 is 1.04 bits per heavy atom. The molecule has 1 aliphatic heterocycles. The van der Waals surface area contributed by atoms with Gasteiger partial charge in [-0.3, -0.25) is 9.59 Å². The van der Waals surface area contributed by atoms with Gasteiger partial charge in [0.25, 0.3) is 0 Å². The number of rotatable bonds is 2. The molecule has 1 heterocycles. The van der Waals surface area contributed by atoms with Crippen LogP contribution in [0.2, 0.25) is 0 Å². The minimum Gasteiger partial charge on any atom is -0.481 e. The Balaban J connectivity index is 0.000000400. The molecule has 1 aliphatic rings. The van der Waals surface area contributed by atoms with E-state index in [-0.39, 0.29) is 12.0 Å². The van der Waals surface area contributed by atoms with Crippen LogP contribution >= 0.6 is 0 Å². The molecule has 0 bridgehead atoms. The number of piperidine rings is 1. The first-order valence-electron chi connectivity index (χ1n) is 6.63. The number of likely N-dealkylation sites (tertiary alicyclic amines) is 1. The van der Waals surface area contributed by atoms with E-state index in [0.29, 0.717) is 25.9 Å². The van der Waals surface area contributed by atoms with Gasteiger partial charge < -0.3 is 15.1 Å². The molecule has 0 saturated carbocycles. The summed E-state index contributed by atoms with van der Waals surface area (Å²) in [5.41, 5.74) is 0. The van der Waals surface area contributed by atoms with Gasteiger partial charge in [0.1, 0.15) is 0 Å². The number of nitrogens with zero attached hydrogens (tertiary/aromatic N) is 1. The number of halogens is 5. The predicted molar refractivity (Wildman–Crippen MR) is 72.4 cm³/mol. The fourth-order valence-electron chi connectivity index (χ4n) is 1.80. The summed E-state index contributed by atoms with van der Waals surface area (Å²) in [6.07, 6.45) is 1.96. The van der Waals surface area contributed by atoms with Crippen molar-refractivity contribution in [3.05, 3.63) is 35.2 Å². The summed E-state index contributed by atoms with van der Waals surface area (Å²) < 4.78 is 60.0. The highest BCUT2D eigenvalue weighted by Gasteiger charge is 2.23. The SMILES string of the molecule is CO.Fc1cc(F)c(F)c(F)c1F.O=CN1CCC(C(=O)O)CC1. The number of hydrogen-bond acceptors (Lipinski definition) is 3. The van der Waals surface area contributed by atoms with Crippen LogP contribution in [0.25, 0.3) is 0 Å². The molecule has 0 radical (unpaired) electrons. The minimum atomic E-state index is -2.14. The number of carboxylic acid groups (broad SMARTS) is 1. The van der Waals surface area contributed by atoms with Crippen LogP contribution < -0.4 is 0 Å². The number of hydrogen-bond donors (Lipinski definition) is 2. The third kappa shape index (κ3) is 6.11. The summed E-state index contributed by atoms with van der Waals surface area (Å²) in [5, 5.41) is 15.6. The first-order valence-corrected chi connectivity index (χ1v) is 6.63. The van der Waals surface area contributed by atoms with E-state index in [1.165, 1.54) is 0 Å². The van der Waals surface area contributed by atoms with Crippen molar-refractivity contribution in [3.63, 3.8) is 0 Å². The molecular weight excluding hydrogens is 341 g/mol. The average molecular weight is 357 g/mol. The normalized spacial score (nSPS) is 14.0. The van der Waals surface area contributed by atoms with Crippen LogP contribution in [0.3, 0.4) is 0 Å². The van der Waals surface area contributed by atoms with E-state index < -0.39 is 35.1 Å². The molecule has 1 saturated heterocycles. The molecule has 2 N–H and O–H groups in total. The molecular formula is C14H16F5NO4. The first-order chi connectivity index (χ1) is 11.3. The van der Waals surface area contributed by atoms with E-state index in [1.807, 2.05) is 0 Å². The third-order valence-electron chi connectivity index (χ3n) is 3.09. The highest BCUT2D eigenvalue weighted by atomic mass is 19.2. The zero-order valence-electron chi connectivity index (χ0n) is 12.6. The van der Waals surface area contributed by atoms with Crippen LogP contribution in [0.15, 0.2) is 6.07 Å². The van der Waals surface area contributed by atoms with Gasteiger partial charge >= 0.3 is 5.97 Å². The zero-order valence-corrected chi connectivity index (χ0v) is 12.6. The molecule has 2 rings (SSSR count). The van der Waals surface area contributed by atoms with Gasteiger partial charge in [-0.2, -0.15) is 0 Å². The summed E-state index contributed by atoms with van der Waals surface area (Å²) in [5.74, 6) is -10.6. The number of carbonyl (C=O) groups is 2. The largest absolute Gasteiger partial charge is 0.481 e. The third-order valence-corrected chi connectivity index (χ3v) is 3.09. The Hall–Kier alpha value is -2.23. The van der Waals surface area contributed by atoms with Crippen molar-refractivity contribution in [2.24, 2.45) is 5.92 Å². The molecule has 10 heteroatoms. The Morgan fingerprint density at radius 2 is 1.46 bits per heavy atom. The summed E-state index contributed by atoms with van der Waals surface area (Å²) in [6.45, 7) is 1.17. The van der Waals surface area contributed by atoms with Crippen molar-refractivity contribution in [2.75, 3.05) is 20.2 Å². The molecule has 0 atom stereocenters. The lowest BCUT2D eigenvalue weighted by Gasteiger charge is -2.26. The molecule has 1 amide bonds. The summed E-state index contributed by atoms with van der Waals surface area (Å²) in [4.78, 5) is 22.3. The molecule has 136 valence electrons. The lowest BCUT2D eigenvalue weighted by molar-refractivity contribution is -0.144. The van der Waals surface area contributed by atoms with Crippen molar-refractivity contribution in [1.29, 1.82) is 0 Å². The number of carboxylic acids is 1. The quantitative estimate of drug-likeness (QED) is 0.367. The van der Waals surface area contributed by atoms with Gasteiger partial charge in [-0.1, -0.05) is 0 Å². The van der Waals surface area contributed by atoms with Crippen molar-refractivity contribution in [3.8, 4) is 0 Å². The maximum atomic E-state index is 12.0. The predicted octanol–water partition coefficient (Wildman–Crippen LogP) is 1.93. The van der Waals surface area contributed by atoms with Crippen LogP contribution in [0.5, 0.6) is 0 Å². The van der Waals surface area contributed by atoms with E-state index >= 15 is 0 Å². The molecule has 24 heavy (non-hydrogen) atoms. The van der Waals surface area contributed by atoms with Crippen molar-refractivity contribution < 1.29 is 41.8 Å². The van der Waals surface area contributed by atoms with Crippen LogP contribution in [-0.2, 0) is 9.59 Å². The minimum absolute atomic E-state index is 0.0618. The van der Waals surface area contributed by atoms with Gasteiger partial charge in [0, 0.05) is 26.3 Å². The van der Waals surface area contributed by atoms with E-state index in [2.05, 4.69) is 0 Å². The molecule has 0 unspecified atom stereocenters. The van der Waals surface area contributed by atoms with Crippen molar-refractivity contribution in [2.45, 2.75) is 12.8 Å². The van der Waals surface area contributed by atoms with Crippen molar-refractivity contribution >= 4 is 12.4 Å². The van der Waals surface area contributed by atoms with E-state index in [0.717, 1.165) is 13.5 Å². The molecule has 0 aromatic heterocycles. The van der Waals surface area contributed by atoms with Crippen LogP contribution in [0.4, 0.5) is 22.0 Å². The number of aliphatic hydroxyl groups is 1. The number of carbonyl (C=O) groups excluding carboxylic acids is 1. The number of amides is 1. The molecule has 5 nitrogen and oxygen atoms in total. The fraction of sp³-hybridized carbons (Fsp3) is 0.429. The van der Waals surface area contributed by atoms with Gasteiger partial charge in [-0.05, 0) is 12.8 Å². The van der Waals surface area contributed by atoms with Gasteiger partial charge in [0.2, 0.25) is 12.2 Å². The van der Waals surface area contributed by atoms with Gasteiger partial charge in [-0.15, -0.1) is 0 Å². The lowest BCUT2D eigenvalue weighted by atomic mass is 9.98.